The number of aliphatic hydroxyl groups excluding tert-OH is 1. The largest absolute Gasteiger partial charge is 0.388 e. The second kappa shape index (κ2) is 6.89. The zero-order chi connectivity index (χ0) is 12.0. The second-order valence-electron chi connectivity index (χ2n) is 3.88. The first-order chi connectivity index (χ1) is 7.67. The van der Waals surface area contributed by atoms with Crippen LogP contribution < -0.4 is 0 Å². The summed E-state index contributed by atoms with van der Waals surface area (Å²) in [5.74, 6) is 0. The highest BCUT2D eigenvalue weighted by atomic mass is 35.5. The van der Waals surface area contributed by atoms with Crippen molar-refractivity contribution in [2.75, 3.05) is 19.6 Å². The number of nitrogens with zero attached hydrogens (tertiary/aromatic N) is 1. The molecule has 1 N–H and O–H groups in total. The number of rotatable bonds is 6. The molecule has 1 aromatic rings. The maximum Gasteiger partial charge on any atom is 0.0802 e. The molecule has 1 unspecified atom stereocenters. The molecule has 16 heavy (non-hydrogen) atoms. The van der Waals surface area contributed by atoms with Gasteiger partial charge in [-0.1, -0.05) is 37.6 Å². The topological polar surface area (TPSA) is 23.5 Å². The standard InChI is InChI=1S/C13H20ClNO/c1-3-15(4-2)10-9-13(16)11-5-7-12(14)8-6-11/h5-8,13,16H,3-4,9-10H2,1-2H3. The van der Waals surface area contributed by atoms with Crippen LogP contribution in [0.1, 0.15) is 31.9 Å². The van der Waals surface area contributed by atoms with Gasteiger partial charge in [0.05, 0.1) is 6.10 Å². The molecule has 0 aliphatic carbocycles. The van der Waals surface area contributed by atoms with Crippen LogP contribution in [-0.2, 0) is 0 Å². The minimum absolute atomic E-state index is 0.391. The summed E-state index contributed by atoms with van der Waals surface area (Å²) in [4.78, 5) is 2.30. The smallest absolute Gasteiger partial charge is 0.0802 e. The highest BCUT2D eigenvalue weighted by Gasteiger charge is 2.08. The zero-order valence-electron chi connectivity index (χ0n) is 9.99. The Kier molecular flexibility index (Phi) is 5.81. The van der Waals surface area contributed by atoms with Gasteiger partial charge in [-0.05, 0) is 37.2 Å². The lowest BCUT2D eigenvalue weighted by molar-refractivity contribution is 0.145. The third-order valence-corrected chi connectivity index (χ3v) is 3.12. The average Bonchev–Trinajstić information content (AvgIpc) is 2.31. The van der Waals surface area contributed by atoms with Gasteiger partial charge in [0.2, 0.25) is 0 Å². The second-order valence-corrected chi connectivity index (χ2v) is 4.32. The Morgan fingerprint density at radius 2 is 1.75 bits per heavy atom. The van der Waals surface area contributed by atoms with Gasteiger partial charge in [0, 0.05) is 11.6 Å². The number of hydrogen-bond donors (Lipinski definition) is 1. The average molecular weight is 242 g/mol. The molecule has 0 amide bonds. The molecular weight excluding hydrogens is 222 g/mol. The molecule has 0 aliphatic rings. The highest BCUT2D eigenvalue weighted by Crippen LogP contribution is 2.19. The van der Waals surface area contributed by atoms with Crippen LogP contribution in [0.2, 0.25) is 5.02 Å². The predicted molar refractivity (Wildman–Crippen MR) is 68.8 cm³/mol. The Morgan fingerprint density at radius 3 is 2.25 bits per heavy atom. The highest BCUT2D eigenvalue weighted by molar-refractivity contribution is 6.30. The van der Waals surface area contributed by atoms with Gasteiger partial charge in [-0.2, -0.15) is 0 Å². The summed E-state index contributed by atoms with van der Waals surface area (Å²) in [7, 11) is 0. The van der Waals surface area contributed by atoms with E-state index in [9.17, 15) is 5.11 Å². The molecule has 0 heterocycles. The van der Waals surface area contributed by atoms with Crippen molar-refractivity contribution >= 4 is 11.6 Å². The zero-order valence-corrected chi connectivity index (χ0v) is 10.7. The summed E-state index contributed by atoms with van der Waals surface area (Å²) in [6, 6.07) is 7.40. The molecule has 0 spiro atoms. The van der Waals surface area contributed by atoms with E-state index in [1.807, 2.05) is 24.3 Å². The Hall–Kier alpha value is -0.570. The summed E-state index contributed by atoms with van der Waals surface area (Å²) in [6.07, 6.45) is 0.376. The van der Waals surface area contributed by atoms with Crippen molar-refractivity contribution < 1.29 is 5.11 Å². The lowest BCUT2D eigenvalue weighted by Gasteiger charge is -2.20. The van der Waals surface area contributed by atoms with Crippen LogP contribution in [0.3, 0.4) is 0 Å². The normalized spacial score (nSPS) is 13.1. The molecule has 0 bridgehead atoms. The van der Waals surface area contributed by atoms with Crippen molar-refractivity contribution in [1.82, 2.24) is 4.90 Å². The van der Waals surface area contributed by atoms with Crippen LogP contribution in [0, 0.1) is 0 Å². The van der Waals surface area contributed by atoms with Crippen LogP contribution >= 0.6 is 11.6 Å². The van der Waals surface area contributed by atoms with Gasteiger partial charge in [0.15, 0.2) is 0 Å². The Labute approximate surface area is 103 Å². The lowest BCUT2D eigenvalue weighted by atomic mass is 10.1. The fourth-order valence-corrected chi connectivity index (χ4v) is 1.82. The Morgan fingerprint density at radius 1 is 1.19 bits per heavy atom. The predicted octanol–water partition coefficient (Wildman–Crippen LogP) is 3.11. The SMILES string of the molecule is CCN(CC)CCC(O)c1ccc(Cl)cc1. The Bertz CT molecular complexity index is 295. The van der Waals surface area contributed by atoms with Crippen LogP contribution in [0.25, 0.3) is 0 Å². The van der Waals surface area contributed by atoms with Gasteiger partial charge in [-0.15, -0.1) is 0 Å². The van der Waals surface area contributed by atoms with Crippen LogP contribution in [0.15, 0.2) is 24.3 Å². The van der Waals surface area contributed by atoms with Gasteiger partial charge in [-0.3, -0.25) is 0 Å². The summed E-state index contributed by atoms with van der Waals surface area (Å²) >= 11 is 5.80. The molecule has 0 aliphatic heterocycles. The van der Waals surface area contributed by atoms with E-state index in [-0.39, 0.29) is 0 Å². The Balaban J connectivity index is 2.46. The molecule has 0 radical (unpaired) electrons. The van der Waals surface area contributed by atoms with Gasteiger partial charge in [0.25, 0.3) is 0 Å². The number of hydrogen-bond acceptors (Lipinski definition) is 2. The third kappa shape index (κ3) is 4.12. The van der Waals surface area contributed by atoms with E-state index in [4.69, 9.17) is 11.6 Å². The summed E-state index contributed by atoms with van der Waals surface area (Å²) in [5, 5.41) is 10.7. The van der Waals surface area contributed by atoms with Crippen molar-refractivity contribution in [2.45, 2.75) is 26.4 Å². The minimum Gasteiger partial charge on any atom is -0.388 e. The molecule has 2 nitrogen and oxygen atoms in total. The molecule has 0 saturated carbocycles. The fraction of sp³-hybridized carbons (Fsp3) is 0.538. The van der Waals surface area contributed by atoms with Crippen LogP contribution in [-0.4, -0.2) is 29.6 Å². The summed E-state index contributed by atoms with van der Waals surface area (Å²) < 4.78 is 0. The van der Waals surface area contributed by atoms with Crippen molar-refractivity contribution in [3.63, 3.8) is 0 Å². The molecule has 1 atom stereocenters. The van der Waals surface area contributed by atoms with E-state index in [1.165, 1.54) is 0 Å². The number of aliphatic hydroxyl groups is 1. The van der Waals surface area contributed by atoms with E-state index >= 15 is 0 Å². The van der Waals surface area contributed by atoms with E-state index in [0.29, 0.717) is 5.02 Å². The summed E-state index contributed by atoms with van der Waals surface area (Å²) in [6.45, 7) is 7.26. The first kappa shape index (κ1) is 13.5. The monoisotopic (exact) mass is 241 g/mol. The maximum absolute atomic E-state index is 9.98. The first-order valence-electron chi connectivity index (χ1n) is 5.83. The van der Waals surface area contributed by atoms with Gasteiger partial charge < -0.3 is 10.0 Å². The minimum atomic E-state index is -0.391. The molecule has 90 valence electrons. The first-order valence-corrected chi connectivity index (χ1v) is 6.21. The van der Waals surface area contributed by atoms with Gasteiger partial charge in [-0.25, -0.2) is 0 Å². The van der Waals surface area contributed by atoms with Crippen LogP contribution in [0.5, 0.6) is 0 Å². The van der Waals surface area contributed by atoms with Crippen molar-refractivity contribution in [1.29, 1.82) is 0 Å². The number of benzene rings is 1. The molecular formula is C13H20ClNO. The van der Waals surface area contributed by atoms with Crippen LogP contribution in [0.4, 0.5) is 0 Å². The lowest BCUT2D eigenvalue weighted by Crippen LogP contribution is -2.25. The number of halogens is 1. The van der Waals surface area contributed by atoms with Crippen molar-refractivity contribution in [3.05, 3.63) is 34.9 Å². The fourth-order valence-electron chi connectivity index (χ4n) is 1.70. The van der Waals surface area contributed by atoms with E-state index in [1.54, 1.807) is 0 Å². The quantitative estimate of drug-likeness (QED) is 0.827. The molecule has 1 aromatic carbocycles. The molecule has 0 aromatic heterocycles. The maximum atomic E-state index is 9.98. The van der Waals surface area contributed by atoms with E-state index < -0.39 is 6.10 Å². The molecule has 3 heteroatoms. The van der Waals surface area contributed by atoms with Crippen molar-refractivity contribution in [2.24, 2.45) is 0 Å². The van der Waals surface area contributed by atoms with Gasteiger partial charge >= 0.3 is 0 Å². The van der Waals surface area contributed by atoms with Gasteiger partial charge in [0.1, 0.15) is 0 Å². The molecule has 0 fully saturated rings. The summed E-state index contributed by atoms with van der Waals surface area (Å²) in [5.41, 5.74) is 0.941. The molecule has 1 rings (SSSR count). The van der Waals surface area contributed by atoms with E-state index in [0.717, 1.165) is 31.6 Å². The third-order valence-electron chi connectivity index (χ3n) is 2.87. The van der Waals surface area contributed by atoms with Crippen molar-refractivity contribution in [3.8, 4) is 0 Å². The van der Waals surface area contributed by atoms with E-state index in [2.05, 4.69) is 18.7 Å². The molecule has 0 saturated heterocycles.